The topological polar surface area (TPSA) is 89.6 Å². The third kappa shape index (κ3) is 4.47. The van der Waals surface area contributed by atoms with Gasteiger partial charge in [-0.05, 0) is 11.6 Å². The minimum Gasteiger partial charge on any atom is -0.383 e. The lowest BCUT2D eigenvalue weighted by Crippen LogP contribution is -3.14. The minimum atomic E-state index is -0.458. The molecule has 0 spiro atoms. The summed E-state index contributed by atoms with van der Waals surface area (Å²) in [5, 5.41) is 0. The molecule has 1 fully saturated rings. The van der Waals surface area contributed by atoms with Crippen molar-refractivity contribution in [1.29, 1.82) is 0 Å². The van der Waals surface area contributed by atoms with Crippen LogP contribution in [0.4, 0.5) is 5.95 Å². The van der Waals surface area contributed by atoms with E-state index in [0.29, 0.717) is 24.3 Å². The zero-order valence-corrected chi connectivity index (χ0v) is 18.0. The van der Waals surface area contributed by atoms with E-state index in [4.69, 9.17) is 9.72 Å². The van der Waals surface area contributed by atoms with E-state index in [-0.39, 0.29) is 0 Å². The largest absolute Gasteiger partial charge is 0.383 e. The molecule has 1 aliphatic rings. The number of H-pyrrole nitrogens is 1. The second-order valence-corrected chi connectivity index (χ2v) is 7.80. The highest BCUT2D eigenvalue weighted by Crippen LogP contribution is 2.19. The monoisotopic (exact) mass is 425 g/mol. The number of rotatable bonds is 7. The van der Waals surface area contributed by atoms with Crippen molar-refractivity contribution >= 4 is 23.2 Å². The summed E-state index contributed by atoms with van der Waals surface area (Å²) in [6.07, 6.45) is 4.39. The number of aromatic amines is 1. The molecule has 1 aromatic carbocycles. The molecule has 2 N–H and O–H groups in total. The molecule has 31 heavy (non-hydrogen) atoms. The Labute approximate surface area is 180 Å². The Morgan fingerprint density at radius 1 is 1.19 bits per heavy atom. The summed E-state index contributed by atoms with van der Waals surface area (Å²) in [6.45, 7) is 5.53. The number of anilines is 1. The predicted octanol–water partition coefficient (Wildman–Crippen LogP) is -0.512. The van der Waals surface area contributed by atoms with Gasteiger partial charge in [0.2, 0.25) is 5.95 Å². The van der Waals surface area contributed by atoms with Gasteiger partial charge < -0.3 is 19.1 Å². The van der Waals surface area contributed by atoms with Crippen molar-refractivity contribution in [2.24, 2.45) is 7.05 Å². The van der Waals surface area contributed by atoms with Crippen molar-refractivity contribution in [3.05, 3.63) is 62.8 Å². The number of methoxy groups -OCH3 is 1. The van der Waals surface area contributed by atoms with Crippen molar-refractivity contribution in [3.8, 4) is 0 Å². The molecule has 1 saturated heterocycles. The molecule has 0 unspecified atom stereocenters. The fourth-order valence-electron chi connectivity index (χ4n) is 4.01. The number of ether oxygens (including phenoxy) is 1. The van der Waals surface area contributed by atoms with Crippen LogP contribution < -0.4 is 21.0 Å². The fraction of sp³-hybridized carbons (Fsp3) is 0.409. The Morgan fingerprint density at radius 2 is 1.94 bits per heavy atom. The first kappa shape index (κ1) is 21.1. The predicted molar refractivity (Wildman–Crippen MR) is 121 cm³/mol. The Kier molecular flexibility index (Phi) is 6.34. The summed E-state index contributed by atoms with van der Waals surface area (Å²) in [5.41, 5.74) is 1.15. The third-order valence-electron chi connectivity index (χ3n) is 5.78. The molecule has 3 heterocycles. The van der Waals surface area contributed by atoms with Crippen LogP contribution in [-0.2, 0) is 18.3 Å². The lowest BCUT2D eigenvalue weighted by Gasteiger charge is -2.32. The van der Waals surface area contributed by atoms with Crippen molar-refractivity contribution in [3.63, 3.8) is 0 Å². The lowest BCUT2D eigenvalue weighted by atomic mass is 10.2. The molecule has 0 saturated carbocycles. The molecule has 0 radical (unpaired) electrons. The molecule has 4 rings (SSSR count). The van der Waals surface area contributed by atoms with Crippen LogP contribution in [-0.4, -0.2) is 65.5 Å². The van der Waals surface area contributed by atoms with Crippen LogP contribution >= 0.6 is 0 Å². The van der Waals surface area contributed by atoms with E-state index in [0.717, 1.165) is 38.7 Å². The molecule has 3 aromatic rings. The van der Waals surface area contributed by atoms with E-state index in [1.807, 2.05) is 22.8 Å². The quantitative estimate of drug-likeness (QED) is 0.532. The highest BCUT2D eigenvalue weighted by atomic mass is 16.5. The number of fused-ring (bicyclic) bond motifs is 1. The SMILES string of the molecule is COCCn1c(N2CC[NH+](C/C=C\c3ccccc3)CC2)nc2c1c(=O)[nH]c(=O)n2C. The number of aromatic nitrogens is 4. The van der Waals surface area contributed by atoms with Crippen LogP contribution in [0.3, 0.4) is 0 Å². The summed E-state index contributed by atoms with van der Waals surface area (Å²) in [6, 6.07) is 10.3. The van der Waals surface area contributed by atoms with Gasteiger partial charge in [0.25, 0.3) is 5.56 Å². The molecule has 0 amide bonds. The van der Waals surface area contributed by atoms with Crippen molar-refractivity contribution < 1.29 is 9.64 Å². The molecule has 9 heteroatoms. The van der Waals surface area contributed by atoms with Gasteiger partial charge in [-0.1, -0.05) is 36.4 Å². The maximum atomic E-state index is 12.5. The Balaban J connectivity index is 1.51. The van der Waals surface area contributed by atoms with Gasteiger partial charge in [-0.3, -0.25) is 14.3 Å². The number of nitrogens with zero attached hydrogens (tertiary/aromatic N) is 4. The molecule has 0 aliphatic carbocycles. The zero-order chi connectivity index (χ0) is 21.8. The average Bonchev–Trinajstić information content (AvgIpc) is 3.17. The van der Waals surface area contributed by atoms with Gasteiger partial charge in [0.1, 0.15) is 0 Å². The summed E-state index contributed by atoms with van der Waals surface area (Å²) >= 11 is 0. The van der Waals surface area contributed by atoms with Crippen LogP contribution in [0.5, 0.6) is 0 Å². The highest BCUT2D eigenvalue weighted by molar-refractivity contribution is 5.74. The number of aryl methyl sites for hydroxylation is 1. The molecular weight excluding hydrogens is 396 g/mol. The number of imidazole rings is 1. The van der Waals surface area contributed by atoms with Crippen molar-refractivity contribution in [2.75, 3.05) is 51.3 Å². The number of hydrogen-bond acceptors (Lipinski definition) is 5. The Morgan fingerprint density at radius 3 is 2.65 bits per heavy atom. The number of benzene rings is 1. The lowest BCUT2D eigenvalue weighted by molar-refractivity contribution is -0.894. The van der Waals surface area contributed by atoms with E-state index in [1.54, 1.807) is 14.2 Å². The van der Waals surface area contributed by atoms with Crippen LogP contribution in [0.1, 0.15) is 5.56 Å². The van der Waals surface area contributed by atoms with E-state index in [9.17, 15) is 9.59 Å². The smallest absolute Gasteiger partial charge is 0.329 e. The number of hydrogen-bond donors (Lipinski definition) is 2. The van der Waals surface area contributed by atoms with Gasteiger partial charge in [-0.2, -0.15) is 4.98 Å². The summed E-state index contributed by atoms with van der Waals surface area (Å²) < 4.78 is 8.50. The van der Waals surface area contributed by atoms with E-state index >= 15 is 0 Å². The van der Waals surface area contributed by atoms with Gasteiger partial charge in [-0.25, -0.2) is 4.79 Å². The van der Waals surface area contributed by atoms with Gasteiger partial charge in [-0.15, -0.1) is 0 Å². The summed E-state index contributed by atoms with van der Waals surface area (Å²) in [4.78, 5) is 35.3. The van der Waals surface area contributed by atoms with Crippen LogP contribution in [0, 0.1) is 0 Å². The Bertz CT molecular complexity index is 1170. The number of nitrogens with one attached hydrogen (secondary N) is 2. The van der Waals surface area contributed by atoms with Crippen LogP contribution in [0.15, 0.2) is 46.0 Å². The number of piperazine rings is 1. The number of quaternary nitrogens is 1. The molecule has 164 valence electrons. The minimum absolute atomic E-state index is 0.403. The first-order valence-electron chi connectivity index (χ1n) is 10.6. The molecular formula is C22H29N6O3+. The van der Waals surface area contributed by atoms with Gasteiger partial charge in [0.05, 0.1) is 39.3 Å². The van der Waals surface area contributed by atoms with Gasteiger partial charge in [0.15, 0.2) is 11.2 Å². The van der Waals surface area contributed by atoms with Crippen molar-refractivity contribution in [1.82, 2.24) is 19.1 Å². The van der Waals surface area contributed by atoms with Crippen LogP contribution in [0.2, 0.25) is 0 Å². The molecule has 2 aromatic heterocycles. The van der Waals surface area contributed by atoms with Crippen LogP contribution in [0.25, 0.3) is 17.2 Å². The molecule has 0 bridgehead atoms. The summed E-state index contributed by atoms with van der Waals surface area (Å²) in [5.74, 6) is 0.720. The first-order chi connectivity index (χ1) is 15.1. The average molecular weight is 426 g/mol. The Hall–Kier alpha value is -3.17. The van der Waals surface area contributed by atoms with E-state index < -0.39 is 11.2 Å². The first-order valence-corrected chi connectivity index (χ1v) is 10.6. The normalized spacial score (nSPS) is 15.4. The molecule has 1 aliphatic heterocycles. The summed E-state index contributed by atoms with van der Waals surface area (Å²) in [7, 11) is 3.25. The van der Waals surface area contributed by atoms with E-state index in [1.165, 1.54) is 15.0 Å². The highest BCUT2D eigenvalue weighted by Gasteiger charge is 2.26. The van der Waals surface area contributed by atoms with Crippen molar-refractivity contribution in [2.45, 2.75) is 6.54 Å². The van der Waals surface area contributed by atoms with E-state index in [2.05, 4.69) is 34.2 Å². The standard InChI is InChI=1S/C22H28N6O3/c1-25-19-18(20(29)24-22(25)30)28(15-16-31-2)21(23-19)27-13-11-26(12-14-27)10-6-9-17-7-4-3-5-8-17/h3-9H,10-16H2,1-2H3,(H,24,29,30)/p+1/b9-6-. The maximum Gasteiger partial charge on any atom is 0.329 e. The zero-order valence-electron chi connectivity index (χ0n) is 18.0. The van der Waals surface area contributed by atoms with Gasteiger partial charge >= 0.3 is 5.69 Å². The fourth-order valence-corrected chi connectivity index (χ4v) is 4.01. The molecule has 9 nitrogen and oxygen atoms in total. The second kappa shape index (κ2) is 9.32. The maximum absolute atomic E-state index is 12.5. The second-order valence-electron chi connectivity index (χ2n) is 7.80. The van der Waals surface area contributed by atoms with Gasteiger partial charge in [0, 0.05) is 20.7 Å². The molecule has 0 atom stereocenters. The third-order valence-corrected chi connectivity index (χ3v) is 5.78.